The Labute approximate surface area is 190 Å². The van der Waals surface area contributed by atoms with Gasteiger partial charge in [-0.3, -0.25) is 14.7 Å². The van der Waals surface area contributed by atoms with Crippen LogP contribution in [0, 0.1) is 10.1 Å². The molecule has 0 bridgehead atoms. The van der Waals surface area contributed by atoms with Crippen molar-refractivity contribution in [1.82, 2.24) is 3.71 Å². The predicted octanol–water partition coefficient (Wildman–Crippen LogP) is 2.94. The normalized spacial score (nSPS) is 19.3. The minimum atomic E-state index is -4.23. The van der Waals surface area contributed by atoms with Gasteiger partial charge in [0.1, 0.15) is 5.31 Å². The molecule has 0 spiro atoms. The zero-order valence-electron chi connectivity index (χ0n) is 18.9. The van der Waals surface area contributed by atoms with Gasteiger partial charge in [0.2, 0.25) is 27.4 Å². The summed E-state index contributed by atoms with van der Waals surface area (Å²) in [5.41, 5.74) is -0.475. The molecule has 2 atom stereocenters. The lowest BCUT2D eigenvalue weighted by Crippen LogP contribution is -2.43. The molecular weight excluding hydrogens is 483 g/mol. The number of hydrogen-bond donors (Lipinski definition) is 0. The summed E-state index contributed by atoms with van der Waals surface area (Å²) in [6.45, 7) is 4.42. The Morgan fingerprint density at radius 3 is 2.16 bits per heavy atom. The van der Waals surface area contributed by atoms with E-state index in [1.54, 1.807) is 0 Å². The number of sulfonamides is 2. The van der Waals surface area contributed by atoms with Gasteiger partial charge >= 0.3 is 0 Å². The first-order chi connectivity index (χ1) is 14.8. The van der Waals surface area contributed by atoms with Crippen molar-refractivity contribution in [2.24, 2.45) is 0 Å². The van der Waals surface area contributed by atoms with E-state index in [0.717, 1.165) is 43.9 Å². The van der Waals surface area contributed by atoms with E-state index in [1.165, 1.54) is 0 Å². The molecule has 0 aromatic rings. The van der Waals surface area contributed by atoms with Crippen LogP contribution in [0.3, 0.4) is 0 Å². The summed E-state index contributed by atoms with van der Waals surface area (Å²) >= 11 is 0. The second kappa shape index (κ2) is 12.4. The van der Waals surface area contributed by atoms with Gasteiger partial charge in [0.05, 0.1) is 42.9 Å². The van der Waals surface area contributed by atoms with E-state index in [4.69, 9.17) is 9.26 Å². The minimum Gasteiger partial charge on any atom is -0.381 e. The van der Waals surface area contributed by atoms with E-state index in [0.29, 0.717) is 13.0 Å². The summed E-state index contributed by atoms with van der Waals surface area (Å²) in [4.78, 5) is 10.9. The largest absolute Gasteiger partial charge is 0.381 e. The maximum absolute atomic E-state index is 13.8. The first-order valence-corrected chi connectivity index (χ1v) is 15.9. The third-order valence-corrected chi connectivity index (χ3v) is 10.6. The van der Waals surface area contributed by atoms with Crippen molar-refractivity contribution in [3.8, 4) is 0 Å². The number of nitrogens with zero attached hydrogens (tertiary/aromatic N) is 2. The summed E-state index contributed by atoms with van der Waals surface area (Å²) in [6, 6.07) is -1.29. The first-order valence-electron chi connectivity index (χ1n) is 10.4. The van der Waals surface area contributed by atoms with Crippen molar-refractivity contribution in [1.29, 1.82) is 0 Å². The van der Waals surface area contributed by atoms with Crippen LogP contribution in [0.2, 0.25) is 0 Å². The fourth-order valence-corrected chi connectivity index (χ4v) is 8.63. The van der Waals surface area contributed by atoms with E-state index in [-0.39, 0.29) is 34.8 Å². The van der Waals surface area contributed by atoms with Crippen LogP contribution in [0.5, 0.6) is 0 Å². The molecule has 2 unspecified atom stereocenters. The monoisotopic (exact) mass is 516 g/mol. The van der Waals surface area contributed by atoms with Crippen LogP contribution < -0.4 is 0 Å². The van der Waals surface area contributed by atoms with Crippen LogP contribution in [0.15, 0.2) is 23.2 Å². The van der Waals surface area contributed by atoms with Gasteiger partial charge in [0.25, 0.3) is 5.70 Å². The molecule has 0 heterocycles. The average molecular weight is 517 g/mol. The van der Waals surface area contributed by atoms with E-state index < -0.39 is 44.1 Å². The standard InChI is InChI=1S/C18H33N2O9PS2/c1-5-7-11-28-13-14-30(23,29-12-8-6-2)18-15-16(9-10-17(18)19(21)22)20(31(3,24)25)32(4,26)27/h10,15-16H,5-9,11-14H2,1-4H3. The van der Waals surface area contributed by atoms with Crippen molar-refractivity contribution < 1.29 is 35.6 Å². The van der Waals surface area contributed by atoms with Gasteiger partial charge in [-0.1, -0.05) is 30.4 Å². The Bertz CT molecular complexity index is 942. The lowest BCUT2D eigenvalue weighted by Gasteiger charge is -2.29. The lowest BCUT2D eigenvalue weighted by molar-refractivity contribution is -0.420. The quantitative estimate of drug-likeness (QED) is 0.138. The van der Waals surface area contributed by atoms with E-state index in [2.05, 4.69) is 0 Å². The second-order valence-electron chi connectivity index (χ2n) is 7.50. The number of unbranched alkanes of at least 4 members (excludes halogenated alkanes) is 2. The first kappa shape index (κ1) is 28.9. The summed E-state index contributed by atoms with van der Waals surface area (Å²) in [7, 11) is -12.3. The topological polar surface area (TPSA) is 150 Å². The fourth-order valence-electron chi connectivity index (χ4n) is 3.16. The van der Waals surface area contributed by atoms with Gasteiger partial charge in [-0.2, -0.15) is 0 Å². The molecule has 0 aromatic carbocycles. The van der Waals surface area contributed by atoms with Gasteiger partial charge < -0.3 is 9.26 Å². The Hall–Kier alpha value is -1.11. The molecule has 1 rings (SSSR count). The van der Waals surface area contributed by atoms with Crippen molar-refractivity contribution in [2.45, 2.75) is 52.0 Å². The summed E-state index contributed by atoms with van der Waals surface area (Å²) in [5.74, 6) is 0. The molecule has 0 fully saturated rings. The van der Waals surface area contributed by atoms with E-state index in [9.17, 15) is 31.5 Å². The van der Waals surface area contributed by atoms with Crippen LogP contribution in [0.4, 0.5) is 0 Å². The highest BCUT2D eigenvalue weighted by molar-refractivity contribution is 8.03. The van der Waals surface area contributed by atoms with Gasteiger partial charge in [0, 0.05) is 6.61 Å². The summed E-state index contributed by atoms with van der Waals surface area (Å²) in [5, 5.41) is 11.4. The second-order valence-corrected chi connectivity index (χ2v) is 14.0. The molecule has 14 heteroatoms. The van der Waals surface area contributed by atoms with Gasteiger partial charge in [0.15, 0.2) is 0 Å². The maximum Gasteiger partial charge on any atom is 0.278 e. The molecule has 186 valence electrons. The van der Waals surface area contributed by atoms with Crippen LogP contribution >= 0.6 is 7.37 Å². The zero-order valence-corrected chi connectivity index (χ0v) is 21.5. The smallest absolute Gasteiger partial charge is 0.278 e. The van der Waals surface area contributed by atoms with Crippen molar-refractivity contribution in [3.05, 3.63) is 33.3 Å². The molecule has 0 aromatic heterocycles. The van der Waals surface area contributed by atoms with E-state index in [1.807, 2.05) is 13.8 Å². The van der Waals surface area contributed by atoms with Crippen molar-refractivity contribution in [3.63, 3.8) is 0 Å². The molecule has 32 heavy (non-hydrogen) atoms. The van der Waals surface area contributed by atoms with Crippen LogP contribution in [0.25, 0.3) is 0 Å². The highest BCUT2D eigenvalue weighted by Gasteiger charge is 2.43. The summed E-state index contributed by atoms with van der Waals surface area (Å²) < 4.78 is 73.9. The Morgan fingerprint density at radius 1 is 1.09 bits per heavy atom. The van der Waals surface area contributed by atoms with E-state index >= 15 is 0 Å². The molecule has 0 N–H and O–H groups in total. The van der Waals surface area contributed by atoms with Crippen LogP contribution in [-0.4, -0.2) is 70.0 Å². The zero-order chi connectivity index (χ0) is 24.6. The van der Waals surface area contributed by atoms with Gasteiger partial charge in [-0.25, -0.2) is 16.8 Å². The van der Waals surface area contributed by atoms with Crippen molar-refractivity contribution in [2.75, 3.05) is 38.5 Å². The number of nitro groups is 1. The average Bonchev–Trinajstić information content (AvgIpc) is 2.65. The molecule has 11 nitrogen and oxygen atoms in total. The fraction of sp³-hybridized carbons (Fsp3) is 0.778. The molecule has 0 amide bonds. The number of hydrogen-bond acceptors (Lipinski definition) is 9. The number of allylic oxidation sites excluding steroid dienone is 1. The van der Waals surface area contributed by atoms with Crippen molar-refractivity contribution >= 4 is 27.4 Å². The third-order valence-electron chi connectivity index (χ3n) is 4.62. The number of rotatable bonds is 15. The SMILES string of the molecule is CCCCOCCP(=O)(OCCCC)C1=CC(N(S(C)(=O)=O)S(C)(=O)=O)CC=C1[N+](=O)[O-]. The molecular formula is C18H33N2O9PS2. The molecule has 0 saturated heterocycles. The van der Waals surface area contributed by atoms with Crippen LogP contribution in [0.1, 0.15) is 46.0 Å². The highest BCUT2D eigenvalue weighted by Crippen LogP contribution is 2.59. The third kappa shape index (κ3) is 8.35. The molecule has 1 aliphatic carbocycles. The minimum absolute atomic E-state index is 0.0261. The number of ether oxygens (including phenoxy) is 1. The molecule has 0 aliphatic heterocycles. The highest BCUT2D eigenvalue weighted by atomic mass is 32.3. The lowest BCUT2D eigenvalue weighted by atomic mass is 10.1. The molecule has 0 radical (unpaired) electrons. The maximum atomic E-state index is 13.8. The molecule has 1 aliphatic rings. The summed E-state index contributed by atoms with van der Waals surface area (Å²) in [6.07, 6.45) is 6.22. The van der Waals surface area contributed by atoms with Gasteiger partial charge in [-0.05, 0) is 31.4 Å². The predicted molar refractivity (Wildman–Crippen MR) is 122 cm³/mol. The Kier molecular flexibility index (Phi) is 11.2. The van der Waals surface area contributed by atoms with Crippen LogP contribution in [-0.2, 0) is 33.9 Å². The molecule has 0 saturated carbocycles. The Morgan fingerprint density at radius 2 is 1.66 bits per heavy atom. The van der Waals surface area contributed by atoms with Gasteiger partial charge in [-0.15, -0.1) is 0 Å². The Balaban J connectivity index is 3.44.